The molecule has 1 aliphatic heterocycles. The molecule has 0 N–H and O–H groups in total. The minimum absolute atomic E-state index is 0.0398. The Morgan fingerprint density at radius 3 is 2.50 bits per heavy atom. The monoisotopic (exact) mass is 438 g/mol. The maximum Gasteiger partial charge on any atom is 0.309 e. The van der Waals surface area contributed by atoms with Crippen molar-refractivity contribution >= 4 is 16.9 Å². The molecular formula is C27H38N2O3. The van der Waals surface area contributed by atoms with E-state index in [-0.39, 0.29) is 11.9 Å². The van der Waals surface area contributed by atoms with E-state index in [1.807, 2.05) is 6.92 Å². The van der Waals surface area contributed by atoms with Gasteiger partial charge in [-0.1, -0.05) is 19.9 Å². The van der Waals surface area contributed by atoms with Crippen LogP contribution in [0.25, 0.3) is 10.9 Å². The smallest absolute Gasteiger partial charge is 0.309 e. The third-order valence-corrected chi connectivity index (χ3v) is 7.28. The van der Waals surface area contributed by atoms with Crippen LogP contribution in [0.15, 0.2) is 30.3 Å². The number of fused-ring (bicyclic) bond motifs is 1. The largest absolute Gasteiger partial charge is 0.490 e. The lowest BCUT2D eigenvalue weighted by molar-refractivity contribution is -0.149. The van der Waals surface area contributed by atoms with Gasteiger partial charge in [0.05, 0.1) is 29.8 Å². The predicted octanol–water partition coefficient (Wildman–Crippen LogP) is 5.60. The number of pyridine rings is 1. The first-order valence-corrected chi connectivity index (χ1v) is 12.5. The van der Waals surface area contributed by atoms with Crippen molar-refractivity contribution in [2.45, 2.75) is 71.9 Å². The molecule has 2 heterocycles. The molecule has 174 valence electrons. The summed E-state index contributed by atoms with van der Waals surface area (Å²) in [6.07, 6.45) is 6.94. The molecule has 0 spiro atoms. The van der Waals surface area contributed by atoms with Gasteiger partial charge in [0.1, 0.15) is 5.75 Å². The molecule has 0 amide bonds. The number of esters is 1. The lowest BCUT2D eigenvalue weighted by Crippen LogP contribution is -2.36. The van der Waals surface area contributed by atoms with E-state index >= 15 is 0 Å². The summed E-state index contributed by atoms with van der Waals surface area (Å²) >= 11 is 0. The molecule has 5 nitrogen and oxygen atoms in total. The fraction of sp³-hybridized carbons (Fsp3) is 0.630. The van der Waals surface area contributed by atoms with Gasteiger partial charge in [-0.15, -0.1) is 0 Å². The Morgan fingerprint density at radius 2 is 1.81 bits per heavy atom. The summed E-state index contributed by atoms with van der Waals surface area (Å²) in [4.78, 5) is 19.2. The Balaban J connectivity index is 1.31. The minimum atomic E-state index is -0.0398. The Labute approximate surface area is 192 Å². The summed E-state index contributed by atoms with van der Waals surface area (Å²) < 4.78 is 11.5. The van der Waals surface area contributed by atoms with Crippen molar-refractivity contribution in [3.8, 4) is 5.75 Å². The lowest BCUT2D eigenvalue weighted by atomic mass is 9.80. The highest BCUT2D eigenvalue weighted by Gasteiger charge is 2.26. The zero-order chi connectivity index (χ0) is 22.5. The van der Waals surface area contributed by atoms with E-state index in [9.17, 15) is 4.79 Å². The first-order chi connectivity index (χ1) is 15.5. The molecule has 0 unspecified atom stereocenters. The van der Waals surface area contributed by atoms with Crippen molar-refractivity contribution in [1.82, 2.24) is 9.88 Å². The normalized spacial score (nSPS) is 22.9. The molecule has 2 fully saturated rings. The summed E-state index contributed by atoms with van der Waals surface area (Å²) in [7, 11) is 0. The molecule has 1 saturated carbocycles. The van der Waals surface area contributed by atoms with Gasteiger partial charge in [-0.2, -0.15) is 0 Å². The van der Waals surface area contributed by atoms with E-state index in [0.717, 1.165) is 79.5 Å². The second-order valence-corrected chi connectivity index (χ2v) is 9.86. The average Bonchev–Trinajstić information content (AvgIpc) is 2.80. The number of likely N-dealkylation sites (tertiary alicyclic amines) is 1. The molecule has 2 aliphatic rings. The van der Waals surface area contributed by atoms with E-state index in [1.54, 1.807) is 0 Å². The lowest BCUT2D eigenvalue weighted by Gasteiger charge is -2.31. The Bertz CT molecular complexity index is 897. The number of carbonyl (C=O) groups is 1. The molecule has 1 aromatic heterocycles. The molecule has 1 aromatic carbocycles. The standard InChI is InChI=1S/C27H38N2O3/c1-4-31-27(30)21-13-15-29(16-14-21)18-23-8-5-22-17-25(11-12-26(22)28-23)32-24-9-6-20(7-10-24)19(2)3/h5,8,11-12,17,19-21,24H,4,6-7,9-10,13-16,18H2,1-3H3. The molecule has 0 bridgehead atoms. The Morgan fingerprint density at radius 1 is 1.06 bits per heavy atom. The van der Waals surface area contributed by atoms with Crippen LogP contribution < -0.4 is 4.74 Å². The quantitative estimate of drug-likeness (QED) is 0.527. The summed E-state index contributed by atoms with van der Waals surface area (Å²) in [6, 6.07) is 10.6. The van der Waals surface area contributed by atoms with E-state index < -0.39 is 0 Å². The molecule has 1 aliphatic carbocycles. The SMILES string of the molecule is CCOC(=O)C1CCN(Cc2ccc3cc(OC4CCC(C(C)C)CC4)ccc3n2)CC1. The molecular weight excluding hydrogens is 400 g/mol. The van der Waals surface area contributed by atoms with Crippen LogP contribution in [-0.2, 0) is 16.1 Å². The van der Waals surface area contributed by atoms with Crippen LogP contribution in [0.2, 0.25) is 0 Å². The van der Waals surface area contributed by atoms with Crippen molar-refractivity contribution < 1.29 is 14.3 Å². The van der Waals surface area contributed by atoms with Gasteiger partial charge < -0.3 is 9.47 Å². The first kappa shape index (κ1) is 23.0. The van der Waals surface area contributed by atoms with Crippen molar-refractivity contribution in [3.63, 3.8) is 0 Å². The third-order valence-electron chi connectivity index (χ3n) is 7.28. The highest BCUT2D eigenvalue weighted by atomic mass is 16.5. The van der Waals surface area contributed by atoms with Gasteiger partial charge in [-0.25, -0.2) is 0 Å². The average molecular weight is 439 g/mol. The number of carbonyl (C=O) groups excluding carboxylic acids is 1. The maximum atomic E-state index is 11.9. The van der Waals surface area contributed by atoms with Gasteiger partial charge in [-0.3, -0.25) is 14.7 Å². The van der Waals surface area contributed by atoms with Crippen molar-refractivity contribution in [2.24, 2.45) is 17.8 Å². The molecule has 32 heavy (non-hydrogen) atoms. The second kappa shape index (κ2) is 10.7. The third kappa shape index (κ3) is 5.80. The van der Waals surface area contributed by atoms with Gasteiger partial charge in [0.25, 0.3) is 0 Å². The summed E-state index contributed by atoms with van der Waals surface area (Å²) in [5.74, 6) is 2.60. The van der Waals surface area contributed by atoms with Gasteiger partial charge >= 0.3 is 5.97 Å². The van der Waals surface area contributed by atoms with Crippen LogP contribution >= 0.6 is 0 Å². The summed E-state index contributed by atoms with van der Waals surface area (Å²) in [5.41, 5.74) is 2.09. The number of hydrogen-bond donors (Lipinski definition) is 0. The van der Waals surface area contributed by atoms with Crippen LogP contribution in [0.1, 0.15) is 65.0 Å². The summed E-state index contributed by atoms with van der Waals surface area (Å²) in [5, 5.41) is 1.13. The van der Waals surface area contributed by atoms with Crippen LogP contribution in [-0.4, -0.2) is 41.7 Å². The van der Waals surface area contributed by atoms with E-state index in [1.165, 1.54) is 12.8 Å². The van der Waals surface area contributed by atoms with Gasteiger partial charge in [0, 0.05) is 11.9 Å². The molecule has 4 rings (SSSR count). The summed E-state index contributed by atoms with van der Waals surface area (Å²) in [6.45, 7) is 9.65. The zero-order valence-electron chi connectivity index (χ0n) is 19.9. The molecule has 0 atom stereocenters. The van der Waals surface area contributed by atoms with Crippen molar-refractivity contribution in [2.75, 3.05) is 19.7 Å². The second-order valence-electron chi connectivity index (χ2n) is 9.86. The van der Waals surface area contributed by atoms with E-state index in [0.29, 0.717) is 12.7 Å². The zero-order valence-corrected chi connectivity index (χ0v) is 19.9. The molecule has 1 saturated heterocycles. The number of nitrogens with zero attached hydrogens (tertiary/aromatic N) is 2. The number of hydrogen-bond acceptors (Lipinski definition) is 5. The maximum absolute atomic E-state index is 11.9. The van der Waals surface area contributed by atoms with Crippen LogP contribution in [0.3, 0.4) is 0 Å². The number of ether oxygens (including phenoxy) is 2. The van der Waals surface area contributed by atoms with Gasteiger partial charge in [0.2, 0.25) is 0 Å². The molecule has 2 aromatic rings. The van der Waals surface area contributed by atoms with Crippen molar-refractivity contribution in [3.05, 3.63) is 36.0 Å². The number of rotatable bonds is 7. The Kier molecular flexibility index (Phi) is 7.67. The number of aromatic nitrogens is 1. The highest BCUT2D eigenvalue weighted by Crippen LogP contribution is 2.32. The van der Waals surface area contributed by atoms with Gasteiger partial charge in [-0.05, 0) is 94.6 Å². The van der Waals surface area contributed by atoms with E-state index in [2.05, 4.69) is 49.1 Å². The van der Waals surface area contributed by atoms with Gasteiger partial charge in [0.15, 0.2) is 0 Å². The number of piperidine rings is 1. The fourth-order valence-corrected chi connectivity index (χ4v) is 5.19. The van der Waals surface area contributed by atoms with Crippen LogP contribution in [0.5, 0.6) is 5.75 Å². The predicted molar refractivity (Wildman–Crippen MR) is 128 cm³/mol. The first-order valence-electron chi connectivity index (χ1n) is 12.5. The highest BCUT2D eigenvalue weighted by molar-refractivity contribution is 5.80. The molecule has 5 heteroatoms. The number of benzene rings is 1. The topological polar surface area (TPSA) is 51.7 Å². The fourth-order valence-electron chi connectivity index (χ4n) is 5.19. The van der Waals surface area contributed by atoms with Crippen LogP contribution in [0.4, 0.5) is 0 Å². The van der Waals surface area contributed by atoms with Crippen molar-refractivity contribution in [1.29, 1.82) is 0 Å². The van der Waals surface area contributed by atoms with E-state index in [4.69, 9.17) is 14.5 Å². The molecule has 0 radical (unpaired) electrons. The van der Waals surface area contributed by atoms with Crippen LogP contribution in [0, 0.1) is 17.8 Å². The minimum Gasteiger partial charge on any atom is -0.490 e. The Hall–Kier alpha value is -2.14.